The van der Waals surface area contributed by atoms with E-state index in [4.69, 9.17) is 9.47 Å². The zero-order valence-electron chi connectivity index (χ0n) is 13.0. The molecule has 0 bridgehead atoms. The molecule has 116 valence electrons. The Morgan fingerprint density at radius 1 is 1.24 bits per heavy atom. The molecule has 1 aliphatic heterocycles. The Balaban J connectivity index is 2.00. The molecule has 1 saturated heterocycles. The third-order valence-corrected chi connectivity index (χ3v) is 4.13. The van der Waals surface area contributed by atoms with E-state index in [0.29, 0.717) is 23.6 Å². The van der Waals surface area contributed by atoms with Gasteiger partial charge in [0.15, 0.2) is 11.5 Å². The summed E-state index contributed by atoms with van der Waals surface area (Å²) in [6.45, 7) is 4.95. The Labute approximate surface area is 126 Å². The summed E-state index contributed by atoms with van der Waals surface area (Å²) in [6, 6.07) is 5.21. The van der Waals surface area contributed by atoms with E-state index in [1.165, 1.54) is 0 Å². The van der Waals surface area contributed by atoms with Gasteiger partial charge in [-0.25, -0.2) is 0 Å². The third-order valence-electron chi connectivity index (χ3n) is 4.13. The Kier molecular flexibility index (Phi) is 5.07. The number of carbonyl (C=O) groups is 1. The average Bonchev–Trinajstić information content (AvgIpc) is 2.52. The van der Waals surface area contributed by atoms with Crippen molar-refractivity contribution in [2.24, 2.45) is 5.41 Å². The van der Waals surface area contributed by atoms with Crippen LogP contribution in [0.5, 0.6) is 11.5 Å². The van der Waals surface area contributed by atoms with E-state index in [2.05, 4.69) is 17.6 Å². The molecular weight excluding hydrogens is 268 g/mol. The molecule has 0 saturated carbocycles. The van der Waals surface area contributed by atoms with Crippen molar-refractivity contribution in [3.8, 4) is 11.5 Å². The van der Waals surface area contributed by atoms with E-state index < -0.39 is 0 Å². The van der Waals surface area contributed by atoms with Gasteiger partial charge in [-0.1, -0.05) is 6.92 Å². The first-order chi connectivity index (χ1) is 10.1. The Bertz CT molecular complexity index is 496. The molecule has 2 N–H and O–H groups in total. The maximum atomic E-state index is 12.3. The van der Waals surface area contributed by atoms with Gasteiger partial charge in [-0.3, -0.25) is 4.79 Å². The molecule has 0 radical (unpaired) electrons. The van der Waals surface area contributed by atoms with Crippen molar-refractivity contribution in [3.63, 3.8) is 0 Å². The largest absolute Gasteiger partial charge is 0.493 e. The monoisotopic (exact) mass is 292 g/mol. The first-order valence-electron chi connectivity index (χ1n) is 7.29. The molecule has 5 heteroatoms. The number of carbonyl (C=O) groups excluding carboxylic acids is 1. The normalized spacial score (nSPS) is 17.1. The van der Waals surface area contributed by atoms with Crippen molar-refractivity contribution >= 4 is 5.91 Å². The van der Waals surface area contributed by atoms with E-state index in [0.717, 1.165) is 25.9 Å². The highest BCUT2D eigenvalue weighted by Crippen LogP contribution is 2.29. The van der Waals surface area contributed by atoms with Crippen molar-refractivity contribution in [1.29, 1.82) is 0 Å². The van der Waals surface area contributed by atoms with Crippen LogP contribution in [0, 0.1) is 5.41 Å². The minimum atomic E-state index is -0.0734. The maximum absolute atomic E-state index is 12.3. The molecule has 0 atom stereocenters. The number of amides is 1. The summed E-state index contributed by atoms with van der Waals surface area (Å²) in [4.78, 5) is 12.3. The summed E-state index contributed by atoms with van der Waals surface area (Å²) in [7, 11) is 3.14. The van der Waals surface area contributed by atoms with Crippen molar-refractivity contribution in [3.05, 3.63) is 23.8 Å². The molecule has 0 spiro atoms. The molecule has 1 aromatic rings. The van der Waals surface area contributed by atoms with Crippen LogP contribution in [0.15, 0.2) is 18.2 Å². The quantitative estimate of drug-likeness (QED) is 0.869. The van der Waals surface area contributed by atoms with Crippen LogP contribution in [-0.2, 0) is 0 Å². The molecule has 0 aromatic heterocycles. The van der Waals surface area contributed by atoms with Crippen LogP contribution in [0.25, 0.3) is 0 Å². The second kappa shape index (κ2) is 6.80. The highest BCUT2D eigenvalue weighted by atomic mass is 16.5. The molecule has 0 aliphatic carbocycles. The lowest BCUT2D eigenvalue weighted by Crippen LogP contribution is -2.42. The molecule has 1 aliphatic rings. The lowest BCUT2D eigenvalue weighted by molar-refractivity contribution is 0.0922. The molecule has 1 fully saturated rings. The molecule has 1 heterocycles. The van der Waals surface area contributed by atoms with Crippen LogP contribution in [-0.4, -0.2) is 39.8 Å². The number of nitrogens with one attached hydrogen (secondary N) is 2. The zero-order valence-corrected chi connectivity index (χ0v) is 13.0. The average molecular weight is 292 g/mol. The summed E-state index contributed by atoms with van der Waals surface area (Å²) in [5, 5.41) is 6.38. The number of benzene rings is 1. The summed E-state index contributed by atoms with van der Waals surface area (Å²) in [5.74, 6) is 1.12. The predicted molar refractivity (Wildman–Crippen MR) is 82.1 cm³/mol. The lowest BCUT2D eigenvalue weighted by atomic mass is 9.81. The molecule has 1 amide bonds. The fourth-order valence-corrected chi connectivity index (χ4v) is 2.58. The molecule has 2 rings (SSSR count). The van der Waals surface area contributed by atoms with E-state index in [1.807, 2.05) is 0 Å². The standard InChI is InChI=1S/C16H24N2O3/c1-16(6-8-17-9-7-16)11-18-15(19)12-4-5-13(20-2)14(10-12)21-3/h4-5,10,17H,6-9,11H2,1-3H3,(H,18,19). The van der Waals surface area contributed by atoms with Crippen LogP contribution in [0.1, 0.15) is 30.1 Å². The SMILES string of the molecule is COc1ccc(C(=O)NCC2(C)CCNCC2)cc1OC. The summed E-state index contributed by atoms with van der Waals surface area (Å²) >= 11 is 0. The molecule has 1 aromatic carbocycles. The predicted octanol–water partition coefficient (Wildman–Crippen LogP) is 1.82. The number of rotatable bonds is 5. The highest BCUT2D eigenvalue weighted by Gasteiger charge is 2.27. The van der Waals surface area contributed by atoms with Crippen LogP contribution in [0.2, 0.25) is 0 Å². The van der Waals surface area contributed by atoms with Gasteiger partial charge in [0, 0.05) is 12.1 Å². The zero-order chi connectivity index (χ0) is 15.3. The van der Waals surface area contributed by atoms with Gasteiger partial charge in [0.2, 0.25) is 0 Å². The van der Waals surface area contributed by atoms with Crippen LogP contribution in [0.4, 0.5) is 0 Å². The van der Waals surface area contributed by atoms with Gasteiger partial charge in [0.1, 0.15) is 0 Å². The first-order valence-corrected chi connectivity index (χ1v) is 7.29. The highest BCUT2D eigenvalue weighted by molar-refractivity contribution is 5.94. The summed E-state index contributed by atoms with van der Waals surface area (Å²) in [6.07, 6.45) is 2.17. The second-order valence-electron chi connectivity index (χ2n) is 5.81. The summed E-state index contributed by atoms with van der Waals surface area (Å²) < 4.78 is 10.4. The fraction of sp³-hybridized carbons (Fsp3) is 0.562. The van der Waals surface area contributed by atoms with Crippen LogP contribution in [0.3, 0.4) is 0 Å². The van der Waals surface area contributed by atoms with Gasteiger partial charge >= 0.3 is 0 Å². The van der Waals surface area contributed by atoms with Crippen LogP contribution < -0.4 is 20.1 Å². The first kappa shape index (κ1) is 15.6. The molecule has 5 nitrogen and oxygen atoms in total. The second-order valence-corrected chi connectivity index (χ2v) is 5.81. The van der Waals surface area contributed by atoms with Crippen molar-refractivity contribution in [2.45, 2.75) is 19.8 Å². The van der Waals surface area contributed by atoms with Gasteiger partial charge in [0.25, 0.3) is 5.91 Å². The minimum Gasteiger partial charge on any atom is -0.493 e. The Morgan fingerprint density at radius 2 is 1.90 bits per heavy atom. The van der Waals surface area contributed by atoms with Gasteiger partial charge in [0.05, 0.1) is 14.2 Å². The number of piperidine rings is 1. The molecule has 21 heavy (non-hydrogen) atoms. The maximum Gasteiger partial charge on any atom is 0.251 e. The molecular formula is C16H24N2O3. The van der Waals surface area contributed by atoms with Gasteiger partial charge in [-0.2, -0.15) is 0 Å². The molecule has 0 unspecified atom stereocenters. The van der Waals surface area contributed by atoms with E-state index in [1.54, 1.807) is 32.4 Å². The van der Waals surface area contributed by atoms with Crippen molar-refractivity contribution in [2.75, 3.05) is 33.9 Å². The smallest absolute Gasteiger partial charge is 0.251 e. The topological polar surface area (TPSA) is 59.6 Å². The minimum absolute atomic E-state index is 0.0734. The Morgan fingerprint density at radius 3 is 2.52 bits per heavy atom. The fourth-order valence-electron chi connectivity index (χ4n) is 2.58. The number of hydrogen-bond acceptors (Lipinski definition) is 4. The van der Waals surface area contributed by atoms with Gasteiger partial charge in [-0.15, -0.1) is 0 Å². The van der Waals surface area contributed by atoms with Crippen LogP contribution >= 0.6 is 0 Å². The van der Waals surface area contributed by atoms with E-state index in [9.17, 15) is 4.79 Å². The van der Waals surface area contributed by atoms with Gasteiger partial charge in [-0.05, 0) is 49.5 Å². The summed E-state index contributed by atoms with van der Waals surface area (Å²) in [5.41, 5.74) is 0.766. The van der Waals surface area contributed by atoms with E-state index >= 15 is 0 Å². The third kappa shape index (κ3) is 3.88. The van der Waals surface area contributed by atoms with Gasteiger partial charge < -0.3 is 20.1 Å². The number of hydrogen-bond donors (Lipinski definition) is 2. The van der Waals surface area contributed by atoms with E-state index in [-0.39, 0.29) is 11.3 Å². The van der Waals surface area contributed by atoms with Crippen molar-refractivity contribution in [1.82, 2.24) is 10.6 Å². The number of methoxy groups -OCH3 is 2. The van der Waals surface area contributed by atoms with Crippen molar-refractivity contribution < 1.29 is 14.3 Å². The Hall–Kier alpha value is -1.75. The lowest BCUT2D eigenvalue weighted by Gasteiger charge is -2.34. The number of ether oxygens (including phenoxy) is 2.